The number of imide groups is 1. The van der Waals surface area contributed by atoms with Crippen molar-refractivity contribution in [3.05, 3.63) is 35.8 Å². The molecular weight excluding hydrogens is 234 g/mol. The second-order valence-corrected chi connectivity index (χ2v) is 3.88. The van der Waals surface area contributed by atoms with Crippen molar-refractivity contribution in [1.82, 2.24) is 14.9 Å². The van der Waals surface area contributed by atoms with Gasteiger partial charge in [0.1, 0.15) is 5.65 Å². The van der Waals surface area contributed by atoms with Crippen LogP contribution in [0.4, 0.5) is 4.79 Å². The number of likely N-dealkylation sites (N-methyl/N-ethyl adjacent to an activating group) is 1. The van der Waals surface area contributed by atoms with E-state index in [1.807, 2.05) is 6.07 Å². The van der Waals surface area contributed by atoms with E-state index in [0.29, 0.717) is 0 Å². The summed E-state index contributed by atoms with van der Waals surface area (Å²) in [6.07, 6.45) is 4.25. The van der Waals surface area contributed by atoms with Crippen LogP contribution in [0, 0.1) is 0 Å². The molecule has 1 aliphatic rings. The first-order valence-corrected chi connectivity index (χ1v) is 5.30. The maximum absolute atomic E-state index is 11.7. The van der Waals surface area contributed by atoms with Gasteiger partial charge >= 0.3 is 6.09 Å². The van der Waals surface area contributed by atoms with Crippen molar-refractivity contribution >= 4 is 29.1 Å². The number of amides is 2. The normalized spacial score (nSPS) is 17.8. The lowest BCUT2D eigenvalue weighted by molar-refractivity contribution is -0.122. The summed E-state index contributed by atoms with van der Waals surface area (Å²) in [4.78, 5) is 30.9. The number of nitrogens with one attached hydrogen (secondary N) is 1. The molecule has 1 aliphatic heterocycles. The zero-order chi connectivity index (χ0) is 12.7. The SMILES string of the molecule is CN1C(=O)O/C(=C\c2c[nH]c3ncccc23)C1=O. The lowest BCUT2D eigenvalue weighted by atomic mass is 10.2. The number of cyclic esters (lactones) is 1. The highest BCUT2D eigenvalue weighted by Gasteiger charge is 2.33. The minimum atomic E-state index is -0.663. The van der Waals surface area contributed by atoms with Gasteiger partial charge in [-0.15, -0.1) is 0 Å². The molecule has 3 heterocycles. The molecule has 1 N–H and O–H groups in total. The third-order valence-corrected chi connectivity index (χ3v) is 2.76. The van der Waals surface area contributed by atoms with Gasteiger partial charge in [-0.3, -0.25) is 4.79 Å². The maximum atomic E-state index is 11.7. The number of nitrogens with zero attached hydrogens (tertiary/aromatic N) is 2. The van der Waals surface area contributed by atoms with Crippen LogP contribution in [0.15, 0.2) is 30.3 Å². The van der Waals surface area contributed by atoms with E-state index >= 15 is 0 Å². The van der Waals surface area contributed by atoms with Gasteiger partial charge in [0.25, 0.3) is 5.91 Å². The van der Waals surface area contributed by atoms with Crippen molar-refractivity contribution < 1.29 is 14.3 Å². The van der Waals surface area contributed by atoms with Crippen molar-refractivity contribution in [2.24, 2.45) is 0 Å². The Hall–Kier alpha value is -2.63. The van der Waals surface area contributed by atoms with E-state index in [0.717, 1.165) is 21.5 Å². The summed E-state index contributed by atoms with van der Waals surface area (Å²) in [6, 6.07) is 3.67. The van der Waals surface area contributed by atoms with Crippen LogP contribution in [0.2, 0.25) is 0 Å². The zero-order valence-electron chi connectivity index (χ0n) is 9.51. The Balaban J connectivity index is 2.07. The lowest BCUT2D eigenvalue weighted by Crippen LogP contribution is -2.23. The van der Waals surface area contributed by atoms with Gasteiger partial charge in [-0.2, -0.15) is 0 Å². The third kappa shape index (κ3) is 1.46. The van der Waals surface area contributed by atoms with Gasteiger partial charge in [0, 0.05) is 30.4 Å². The van der Waals surface area contributed by atoms with E-state index in [1.54, 1.807) is 18.5 Å². The molecule has 18 heavy (non-hydrogen) atoms. The van der Waals surface area contributed by atoms with Crippen molar-refractivity contribution in [3.8, 4) is 0 Å². The van der Waals surface area contributed by atoms with Crippen molar-refractivity contribution in [2.45, 2.75) is 0 Å². The number of aromatic nitrogens is 2. The minimum absolute atomic E-state index is 0.0206. The quantitative estimate of drug-likeness (QED) is 0.770. The number of rotatable bonds is 1. The first kappa shape index (κ1) is 10.5. The fraction of sp³-hybridized carbons (Fsp3) is 0.0833. The molecule has 1 saturated heterocycles. The molecule has 1 fully saturated rings. The van der Waals surface area contributed by atoms with E-state index in [2.05, 4.69) is 9.97 Å². The Labute approximate surface area is 102 Å². The predicted molar refractivity (Wildman–Crippen MR) is 63.3 cm³/mol. The topological polar surface area (TPSA) is 75.3 Å². The van der Waals surface area contributed by atoms with Gasteiger partial charge in [-0.1, -0.05) is 0 Å². The summed E-state index contributed by atoms with van der Waals surface area (Å²) in [5.74, 6) is -0.425. The highest BCUT2D eigenvalue weighted by Crippen LogP contribution is 2.22. The van der Waals surface area contributed by atoms with E-state index < -0.39 is 12.0 Å². The molecule has 3 rings (SSSR count). The number of carbonyl (C=O) groups excluding carboxylic acids is 2. The monoisotopic (exact) mass is 243 g/mol. The molecule has 0 aliphatic carbocycles. The molecule has 0 aromatic carbocycles. The summed E-state index contributed by atoms with van der Waals surface area (Å²) in [7, 11) is 1.38. The van der Waals surface area contributed by atoms with Crippen molar-refractivity contribution in [1.29, 1.82) is 0 Å². The van der Waals surface area contributed by atoms with Gasteiger partial charge in [-0.05, 0) is 18.2 Å². The second kappa shape index (κ2) is 3.69. The van der Waals surface area contributed by atoms with Gasteiger partial charge in [-0.25, -0.2) is 14.7 Å². The number of hydrogen-bond donors (Lipinski definition) is 1. The molecule has 0 saturated carbocycles. The Morgan fingerprint density at radius 3 is 3.00 bits per heavy atom. The molecule has 6 nitrogen and oxygen atoms in total. The van der Waals surface area contributed by atoms with E-state index in [4.69, 9.17) is 4.74 Å². The molecule has 0 radical (unpaired) electrons. The Morgan fingerprint density at radius 2 is 2.28 bits per heavy atom. The molecule has 0 spiro atoms. The Morgan fingerprint density at radius 1 is 1.44 bits per heavy atom. The third-order valence-electron chi connectivity index (χ3n) is 2.76. The van der Waals surface area contributed by atoms with Crippen molar-refractivity contribution in [2.75, 3.05) is 7.05 Å². The standard InChI is InChI=1S/C12H9N3O3/c1-15-11(16)9(18-12(15)17)5-7-6-14-10-8(7)3-2-4-13-10/h2-6H,1H3,(H,13,14)/b9-5-. The minimum Gasteiger partial charge on any atom is -0.404 e. The number of pyridine rings is 1. The molecule has 2 amide bonds. The van der Waals surface area contributed by atoms with Crippen LogP contribution in [0.5, 0.6) is 0 Å². The maximum Gasteiger partial charge on any atom is 0.422 e. The van der Waals surface area contributed by atoms with Gasteiger partial charge in [0.15, 0.2) is 5.76 Å². The summed E-state index contributed by atoms with van der Waals surface area (Å²) in [5.41, 5.74) is 1.47. The number of hydrogen-bond acceptors (Lipinski definition) is 4. The highest BCUT2D eigenvalue weighted by atomic mass is 16.6. The number of ether oxygens (including phenoxy) is 1. The van der Waals surface area contributed by atoms with Crippen LogP contribution in [-0.2, 0) is 9.53 Å². The number of aromatic amines is 1. The Kier molecular flexibility index (Phi) is 2.16. The first-order chi connectivity index (χ1) is 8.66. The van der Waals surface area contributed by atoms with Crippen LogP contribution < -0.4 is 0 Å². The van der Waals surface area contributed by atoms with Crippen LogP contribution in [0.25, 0.3) is 17.1 Å². The first-order valence-electron chi connectivity index (χ1n) is 5.30. The molecule has 2 aromatic heterocycles. The molecule has 6 heteroatoms. The smallest absolute Gasteiger partial charge is 0.404 e. The molecular formula is C12H9N3O3. The summed E-state index contributed by atoms with van der Waals surface area (Å²) < 4.78 is 4.87. The molecule has 90 valence electrons. The van der Waals surface area contributed by atoms with Gasteiger partial charge < -0.3 is 9.72 Å². The fourth-order valence-corrected chi connectivity index (χ4v) is 1.78. The summed E-state index contributed by atoms with van der Waals surface area (Å²) in [5, 5.41) is 0.864. The number of fused-ring (bicyclic) bond motifs is 1. The largest absolute Gasteiger partial charge is 0.422 e. The molecule has 0 unspecified atom stereocenters. The van der Waals surface area contributed by atoms with Crippen LogP contribution in [-0.4, -0.2) is 33.9 Å². The Bertz CT molecular complexity index is 687. The van der Waals surface area contributed by atoms with E-state index in [1.165, 1.54) is 13.1 Å². The summed E-state index contributed by atoms with van der Waals surface area (Å²) >= 11 is 0. The second-order valence-electron chi connectivity index (χ2n) is 3.88. The molecule has 2 aromatic rings. The fourth-order valence-electron chi connectivity index (χ4n) is 1.78. The predicted octanol–water partition coefficient (Wildman–Crippen LogP) is 1.51. The van der Waals surface area contributed by atoms with Gasteiger partial charge in [0.2, 0.25) is 0 Å². The summed E-state index contributed by atoms with van der Waals surface area (Å²) in [6.45, 7) is 0. The molecule has 0 atom stereocenters. The average Bonchev–Trinajstić information content (AvgIpc) is 2.89. The number of H-pyrrole nitrogens is 1. The molecule has 0 bridgehead atoms. The van der Waals surface area contributed by atoms with Crippen LogP contribution in [0.3, 0.4) is 0 Å². The van der Waals surface area contributed by atoms with E-state index in [-0.39, 0.29) is 5.76 Å². The number of carbonyl (C=O) groups is 2. The highest BCUT2D eigenvalue weighted by molar-refractivity contribution is 6.10. The van der Waals surface area contributed by atoms with E-state index in [9.17, 15) is 9.59 Å². The lowest BCUT2D eigenvalue weighted by Gasteiger charge is -1.96. The van der Waals surface area contributed by atoms with Crippen LogP contribution >= 0.6 is 0 Å². The zero-order valence-corrected chi connectivity index (χ0v) is 9.51. The van der Waals surface area contributed by atoms with Gasteiger partial charge in [0.05, 0.1) is 0 Å². The average molecular weight is 243 g/mol. The van der Waals surface area contributed by atoms with Crippen LogP contribution in [0.1, 0.15) is 5.56 Å². The van der Waals surface area contributed by atoms with Crippen molar-refractivity contribution in [3.63, 3.8) is 0 Å².